The number of cyclic esters (lactones) is 1. The number of ether oxygens (including phenoxy) is 1. The van der Waals surface area contributed by atoms with Crippen molar-refractivity contribution in [2.45, 2.75) is 76.4 Å². The van der Waals surface area contributed by atoms with Crippen molar-refractivity contribution in [1.82, 2.24) is 0 Å². The summed E-state index contributed by atoms with van der Waals surface area (Å²) in [6, 6.07) is 0. The van der Waals surface area contributed by atoms with Crippen molar-refractivity contribution in [1.29, 1.82) is 0 Å². The van der Waals surface area contributed by atoms with Crippen LogP contribution in [0.15, 0.2) is 11.6 Å². The van der Waals surface area contributed by atoms with Gasteiger partial charge in [-0.05, 0) is 87.0 Å². The van der Waals surface area contributed by atoms with Gasteiger partial charge in [0.15, 0.2) is 0 Å². The summed E-state index contributed by atoms with van der Waals surface area (Å²) in [6.45, 7) is 2.50. The van der Waals surface area contributed by atoms with Crippen LogP contribution in [0.1, 0.15) is 64.7 Å². The van der Waals surface area contributed by atoms with E-state index >= 15 is 0 Å². The molecule has 9 atom stereocenters. The molecule has 0 aromatic rings. The fourth-order valence-electron chi connectivity index (χ4n) is 8.54. The van der Waals surface area contributed by atoms with Crippen LogP contribution in [0.2, 0.25) is 0 Å². The predicted octanol–water partition coefficient (Wildman–Crippen LogP) is 1.49. The van der Waals surface area contributed by atoms with Crippen LogP contribution in [0.3, 0.4) is 0 Å². The van der Waals surface area contributed by atoms with Gasteiger partial charge >= 0.3 is 5.97 Å². The Hall–Kier alpha value is -1.32. The Morgan fingerprint density at radius 3 is 2.68 bits per heavy atom. The number of fused-ring (bicyclic) bond motifs is 5. The Kier molecular flexibility index (Phi) is 5.10. The van der Waals surface area contributed by atoms with E-state index in [2.05, 4.69) is 6.92 Å². The summed E-state index contributed by atoms with van der Waals surface area (Å²) in [7, 11) is 0. The van der Waals surface area contributed by atoms with E-state index in [1.54, 1.807) is 6.08 Å². The maximum absolute atomic E-state index is 12.6. The molecule has 172 valence electrons. The van der Waals surface area contributed by atoms with E-state index < -0.39 is 16.4 Å². The summed E-state index contributed by atoms with van der Waals surface area (Å²) in [5.41, 5.74) is -0.675. The van der Waals surface area contributed by atoms with Gasteiger partial charge in [0.1, 0.15) is 19.0 Å². The van der Waals surface area contributed by atoms with Crippen molar-refractivity contribution >= 4 is 12.3 Å². The highest BCUT2D eigenvalue weighted by Gasteiger charge is 2.68. The highest BCUT2D eigenvalue weighted by atomic mass is 17.1. The first-order valence-electron chi connectivity index (χ1n) is 11.7. The van der Waals surface area contributed by atoms with Crippen molar-refractivity contribution in [3.63, 3.8) is 0 Å². The Bertz CT molecular complexity index is 799. The fourth-order valence-corrected chi connectivity index (χ4v) is 8.54. The third-order valence-corrected chi connectivity index (χ3v) is 9.99. The van der Waals surface area contributed by atoms with Crippen LogP contribution >= 0.6 is 0 Å². The van der Waals surface area contributed by atoms with Crippen LogP contribution in [-0.4, -0.2) is 40.9 Å². The quantitative estimate of drug-likeness (QED) is 0.348. The Balaban J connectivity index is 1.42. The Morgan fingerprint density at radius 1 is 1.19 bits per heavy atom. The molecular formula is C23H33NO7. The number of carbonyl (C=O) groups excluding carboxylic acids is 2. The molecule has 0 amide bonds. The number of nitrogens with one attached hydrogen (secondary N) is 1. The van der Waals surface area contributed by atoms with E-state index in [1.807, 2.05) is 0 Å². The monoisotopic (exact) mass is 435 g/mol. The second-order valence-corrected chi connectivity index (χ2v) is 10.8. The number of carbonyl (C=O) groups is 2. The zero-order valence-electron chi connectivity index (χ0n) is 18.0. The van der Waals surface area contributed by atoms with Crippen LogP contribution < -0.4 is 5.39 Å². The number of esters is 1. The molecule has 8 nitrogen and oxygen atoms in total. The summed E-state index contributed by atoms with van der Waals surface area (Å²) in [4.78, 5) is 29.3. The van der Waals surface area contributed by atoms with Crippen LogP contribution in [0.25, 0.3) is 0 Å². The number of hydrogen-bond acceptors (Lipinski definition) is 7. The molecule has 0 saturated heterocycles. The highest BCUT2D eigenvalue weighted by molar-refractivity contribution is 5.85. The van der Waals surface area contributed by atoms with Crippen LogP contribution in [0.5, 0.6) is 0 Å². The number of hydrogen-bond donors (Lipinski definition) is 3. The lowest BCUT2D eigenvalue weighted by molar-refractivity contribution is -1.21. The third-order valence-electron chi connectivity index (χ3n) is 9.99. The average Bonchev–Trinajstić information content (AvgIpc) is 3.27. The van der Waals surface area contributed by atoms with Gasteiger partial charge in [0, 0.05) is 16.9 Å². The van der Waals surface area contributed by atoms with E-state index in [1.165, 1.54) is 0 Å². The largest absolute Gasteiger partial charge is 0.566 e. The molecule has 0 aromatic heterocycles. The third kappa shape index (κ3) is 2.99. The number of aldehydes is 1. The van der Waals surface area contributed by atoms with Gasteiger partial charge in [-0.3, -0.25) is 0 Å². The normalized spacial score (nSPS) is 50.0. The first-order valence-corrected chi connectivity index (χ1v) is 11.7. The molecule has 8 heteroatoms. The Labute approximate surface area is 182 Å². The average molecular weight is 436 g/mol. The summed E-state index contributed by atoms with van der Waals surface area (Å²) in [5, 5.41) is 30.9. The smallest absolute Gasteiger partial charge is 0.331 e. The van der Waals surface area contributed by atoms with Crippen LogP contribution in [0, 0.1) is 39.7 Å². The van der Waals surface area contributed by atoms with E-state index in [-0.39, 0.29) is 41.2 Å². The minimum absolute atomic E-state index is 0.0493. The number of rotatable bonds is 4. The molecule has 1 heterocycles. The molecule has 1 unspecified atom stereocenters. The second kappa shape index (κ2) is 7.35. The molecule has 0 spiro atoms. The summed E-state index contributed by atoms with van der Waals surface area (Å²) in [6.07, 6.45) is 9.07. The van der Waals surface area contributed by atoms with E-state index in [0.29, 0.717) is 32.3 Å². The van der Waals surface area contributed by atoms with Gasteiger partial charge in [0.05, 0.1) is 5.60 Å². The summed E-state index contributed by atoms with van der Waals surface area (Å²) in [5.74, 6) is 0.117. The first kappa shape index (κ1) is 21.5. The van der Waals surface area contributed by atoms with Crippen LogP contribution in [0.4, 0.5) is 0 Å². The van der Waals surface area contributed by atoms with Crippen molar-refractivity contribution in [2.24, 2.45) is 34.5 Å². The molecule has 3 N–H and O–H groups in total. The number of quaternary nitrogens is 1. The number of aliphatic hydroxyl groups is 1. The summed E-state index contributed by atoms with van der Waals surface area (Å²) < 4.78 is 5.17. The van der Waals surface area contributed by atoms with Gasteiger partial charge in [-0.2, -0.15) is 10.0 Å². The Morgan fingerprint density at radius 2 is 2.00 bits per heavy atom. The molecule has 1 aliphatic heterocycles. The molecule has 4 fully saturated rings. The molecule has 31 heavy (non-hydrogen) atoms. The zero-order chi connectivity index (χ0) is 22.0. The van der Waals surface area contributed by atoms with Gasteiger partial charge in [0.25, 0.3) is 0 Å². The van der Waals surface area contributed by atoms with E-state index in [9.17, 15) is 19.9 Å². The van der Waals surface area contributed by atoms with E-state index in [0.717, 1.165) is 44.0 Å². The second-order valence-electron chi connectivity index (χ2n) is 10.8. The summed E-state index contributed by atoms with van der Waals surface area (Å²) >= 11 is 0. The van der Waals surface area contributed by atoms with Gasteiger partial charge in [0.2, 0.25) is 0 Å². The molecule has 5 rings (SSSR count). The topological polar surface area (TPSA) is 121 Å². The lowest BCUT2D eigenvalue weighted by Crippen LogP contribution is -3.04. The molecule has 4 saturated carbocycles. The lowest BCUT2D eigenvalue weighted by Gasteiger charge is -2.62. The van der Waals surface area contributed by atoms with Gasteiger partial charge in [-0.15, -0.1) is 0 Å². The van der Waals surface area contributed by atoms with Gasteiger partial charge in [-0.25, -0.2) is 4.79 Å². The van der Waals surface area contributed by atoms with Crippen molar-refractivity contribution in [3.8, 4) is 0 Å². The van der Waals surface area contributed by atoms with Gasteiger partial charge < -0.3 is 19.8 Å². The SMILES string of the molecule is C[C@]12CC[C@H]3[C@@H](CC[C@@H]4C[C@@H](O[NH+]([O-])O)CC[C@@]43C=O)[C@@]1(O)CC[C@@H]2C1=CC(=O)OC1. The van der Waals surface area contributed by atoms with Crippen molar-refractivity contribution in [3.05, 3.63) is 16.9 Å². The molecule has 5 aliphatic rings. The van der Waals surface area contributed by atoms with Crippen molar-refractivity contribution < 1.29 is 34.9 Å². The predicted molar refractivity (Wildman–Crippen MR) is 107 cm³/mol. The first-order chi connectivity index (χ1) is 14.7. The molecule has 4 aliphatic carbocycles. The minimum atomic E-state index is -1.25. The molecule has 0 bridgehead atoms. The molecule has 0 aromatic carbocycles. The molecule has 0 radical (unpaired) electrons. The van der Waals surface area contributed by atoms with Crippen LogP contribution in [-0.2, 0) is 19.2 Å². The zero-order valence-corrected chi connectivity index (χ0v) is 18.0. The van der Waals surface area contributed by atoms with Gasteiger partial charge in [-0.1, -0.05) is 12.3 Å². The maximum Gasteiger partial charge on any atom is 0.331 e. The fraction of sp³-hybridized carbons (Fsp3) is 0.826. The highest BCUT2D eigenvalue weighted by Crippen LogP contribution is 2.69. The minimum Gasteiger partial charge on any atom is -0.566 e. The lowest BCUT2D eigenvalue weighted by atomic mass is 9.43. The molecular weight excluding hydrogens is 402 g/mol. The standard InChI is InChI=1S/C23H33NO7/c1-21-7-5-18-19(23(21,27)9-6-17(21)14-10-20(26)30-12-14)3-2-15-11-16(31-24(28)29)4-8-22(15,18)13-25/h10,13,15-19,24,27-28H,2-9,11-12H2,1H3/t15-,16+,17-,18+,19-,21-,22-,23+/m1/s1. The maximum atomic E-state index is 12.6. The van der Waals surface area contributed by atoms with E-state index in [4.69, 9.17) is 14.8 Å². The van der Waals surface area contributed by atoms with Crippen molar-refractivity contribution in [2.75, 3.05) is 6.61 Å².